The van der Waals surface area contributed by atoms with Crippen molar-refractivity contribution in [2.75, 3.05) is 60.0 Å². The van der Waals surface area contributed by atoms with Crippen molar-refractivity contribution in [3.05, 3.63) is 0 Å². The lowest BCUT2D eigenvalue weighted by atomic mass is 10.3. The minimum absolute atomic E-state index is 0.432. The zero-order valence-corrected chi connectivity index (χ0v) is 12.1. The molecule has 0 aromatic heterocycles. The summed E-state index contributed by atoms with van der Waals surface area (Å²) >= 11 is 0. The topological polar surface area (TPSA) is 96.4 Å². The summed E-state index contributed by atoms with van der Waals surface area (Å²) in [7, 11) is 4.04. The fraction of sp³-hybridized carbons (Fsp3) is 0.833. The number of carboxylic acid groups (broad SMARTS) is 1. The molecule has 1 aliphatic heterocycles. The van der Waals surface area contributed by atoms with Crippen LogP contribution in [0.2, 0.25) is 0 Å². The van der Waals surface area contributed by atoms with E-state index in [1.54, 1.807) is 4.90 Å². The third-order valence-corrected chi connectivity index (χ3v) is 3.30. The van der Waals surface area contributed by atoms with Gasteiger partial charge in [-0.1, -0.05) is 0 Å². The predicted octanol–water partition coefficient (Wildman–Crippen LogP) is -1.68. The summed E-state index contributed by atoms with van der Waals surface area (Å²) in [6.45, 7) is 4.00. The highest BCUT2D eigenvalue weighted by atomic mass is 16.4. The molecule has 20 heavy (non-hydrogen) atoms. The van der Waals surface area contributed by atoms with Gasteiger partial charge in [0.1, 0.15) is 0 Å². The summed E-state index contributed by atoms with van der Waals surface area (Å²) in [5, 5.41) is 20.0. The van der Waals surface area contributed by atoms with Crippen LogP contribution in [0.4, 0.5) is 4.79 Å². The zero-order valence-electron chi connectivity index (χ0n) is 12.1. The molecule has 2 amide bonds. The highest BCUT2D eigenvalue weighted by Gasteiger charge is 2.25. The molecule has 0 unspecified atom stereocenters. The number of aliphatic hydroxyl groups excluding tert-OH is 1. The molecule has 0 spiro atoms. The fourth-order valence-electron chi connectivity index (χ4n) is 1.94. The Morgan fingerprint density at radius 1 is 1.25 bits per heavy atom. The van der Waals surface area contributed by atoms with Crippen molar-refractivity contribution in [1.29, 1.82) is 0 Å². The third-order valence-electron chi connectivity index (χ3n) is 3.30. The first-order valence-electron chi connectivity index (χ1n) is 6.70. The molecule has 116 valence electrons. The van der Waals surface area contributed by atoms with E-state index >= 15 is 0 Å². The first kappa shape index (κ1) is 16.7. The molecule has 8 heteroatoms. The van der Waals surface area contributed by atoms with Crippen LogP contribution in [0.25, 0.3) is 0 Å². The maximum atomic E-state index is 11.9. The number of hydrogen-bond donors (Lipinski definition) is 3. The molecule has 0 radical (unpaired) electrons. The van der Waals surface area contributed by atoms with E-state index in [9.17, 15) is 9.59 Å². The highest BCUT2D eigenvalue weighted by molar-refractivity contribution is 5.82. The third kappa shape index (κ3) is 5.32. The van der Waals surface area contributed by atoms with Gasteiger partial charge >= 0.3 is 12.0 Å². The second-order valence-electron chi connectivity index (χ2n) is 5.15. The van der Waals surface area contributed by atoms with E-state index in [-0.39, 0.29) is 0 Å². The number of carbonyl (C=O) groups excluding carboxylic acids is 1. The van der Waals surface area contributed by atoms with Gasteiger partial charge in [0.15, 0.2) is 6.04 Å². The summed E-state index contributed by atoms with van der Waals surface area (Å²) in [6, 6.07) is -1.67. The lowest BCUT2D eigenvalue weighted by molar-refractivity contribution is -0.140. The summed E-state index contributed by atoms with van der Waals surface area (Å²) < 4.78 is 0. The van der Waals surface area contributed by atoms with Gasteiger partial charge in [-0.2, -0.15) is 0 Å². The summed E-state index contributed by atoms with van der Waals surface area (Å²) in [6.07, 6.45) is 0. The van der Waals surface area contributed by atoms with Gasteiger partial charge in [0.2, 0.25) is 0 Å². The van der Waals surface area contributed by atoms with Crippen LogP contribution in [-0.4, -0.2) is 103 Å². The van der Waals surface area contributed by atoms with E-state index in [2.05, 4.69) is 15.1 Å². The van der Waals surface area contributed by atoms with Gasteiger partial charge in [0, 0.05) is 39.3 Å². The Morgan fingerprint density at radius 3 is 2.30 bits per heavy atom. The summed E-state index contributed by atoms with van der Waals surface area (Å²) in [5.41, 5.74) is 0. The van der Waals surface area contributed by atoms with Crippen LogP contribution in [0.15, 0.2) is 0 Å². The molecule has 0 aromatic carbocycles. The Hall–Kier alpha value is -1.38. The summed E-state index contributed by atoms with van der Waals surface area (Å²) in [4.78, 5) is 28.6. The highest BCUT2D eigenvalue weighted by Crippen LogP contribution is 2.02. The molecule has 0 aromatic rings. The molecule has 0 bridgehead atoms. The van der Waals surface area contributed by atoms with Gasteiger partial charge in [-0.3, -0.25) is 4.90 Å². The number of carbonyl (C=O) groups is 2. The lowest BCUT2D eigenvalue weighted by Gasteiger charge is -2.35. The number of rotatable bonds is 6. The predicted molar refractivity (Wildman–Crippen MR) is 73.6 cm³/mol. The maximum absolute atomic E-state index is 11.9. The van der Waals surface area contributed by atoms with Crippen LogP contribution in [0.5, 0.6) is 0 Å². The average Bonchev–Trinajstić information content (AvgIpc) is 2.42. The molecular formula is C12H24N4O4. The molecule has 0 aliphatic carbocycles. The van der Waals surface area contributed by atoms with E-state index < -0.39 is 24.6 Å². The second kappa shape index (κ2) is 8.03. The van der Waals surface area contributed by atoms with Gasteiger partial charge in [0.25, 0.3) is 0 Å². The van der Waals surface area contributed by atoms with Crippen LogP contribution < -0.4 is 5.32 Å². The van der Waals surface area contributed by atoms with Crippen LogP contribution >= 0.6 is 0 Å². The van der Waals surface area contributed by atoms with Crippen LogP contribution in [0.3, 0.4) is 0 Å². The maximum Gasteiger partial charge on any atom is 0.328 e. The number of aliphatic carboxylic acids is 1. The number of hydrogen-bond acceptors (Lipinski definition) is 5. The number of nitrogens with one attached hydrogen (secondary N) is 1. The first-order chi connectivity index (χ1) is 9.43. The Morgan fingerprint density at radius 2 is 1.85 bits per heavy atom. The van der Waals surface area contributed by atoms with Crippen LogP contribution in [0.1, 0.15) is 0 Å². The molecule has 1 atom stereocenters. The van der Waals surface area contributed by atoms with Gasteiger partial charge in [-0.05, 0) is 14.1 Å². The van der Waals surface area contributed by atoms with E-state index in [0.29, 0.717) is 13.1 Å². The Labute approximate surface area is 118 Å². The Bertz CT molecular complexity index is 329. The second-order valence-corrected chi connectivity index (χ2v) is 5.15. The fourth-order valence-corrected chi connectivity index (χ4v) is 1.94. The van der Waals surface area contributed by atoms with E-state index in [0.717, 1.165) is 26.2 Å². The van der Waals surface area contributed by atoms with Gasteiger partial charge in [-0.15, -0.1) is 0 Å². The van der Waals surface area contributed by atoms with E-state index in [1.165, 1.54) is 0 Å². The van der Waals surface area contributed by atoms with Crippen molar-refractivity contribution in [2.45, 2.75) is 6.04 Å². The van der Waals surface area contributed by atoms with Crippen molar-refractivity contribution in [3.63, 3.8) is 0 Å². The molecular weight excluding hydrogens is 264 g/mol. The molecule has 1 heterocycles. The van der Waals surface area contributed by atoms with Gasteiger partial charge in [-0.25, -0.2) is 9.59 Å². The molecule has 1 aliphatic rings. The first-order valence-corrected chi connectivity index (χ1v) is 6.70. The molecule has 1 fully saturated rings. The van der Waals surface area contributed by atoms with Crippen molar-refractivity contribution < 1.29 is 19.8 Å². The minimum atomic E-state index is -1.24. The van der Waals surface area contributed by atoms with Crippen molar-refractivity contribution in [2.24, 2.45) is 0 Å². The zero-order chi connectivity index (χ0) is 15.1. The van der Waals surface area contributed by atoms with Gasteiger partial charge in [0.05, 0.1) is 6.61 Å². The number of amides is 2. The van der Waals surface area contributed by atoms with E-state index in [4.69, 9.17) is 10.2 Å². The normalized spacial score (nSPS) is 18.1. The SMILES string of the molecule is CN(C)CCN1CCN(C(=O)N[C@H](CO)C(=O)O)CC1. The molecule has 1 rings (SSSR count). The van der Waals surface area contributed by atoms with E-state index in [1.807, 2.05) is 14.1 Å². The van der Waals surface area contributed by atoms with Crippen LogP contribution in [-0.2, 0) is 4.79 Å². The number of carboxylic acids is 1. The van der Waals surface area contributed by atoms with Crippen molar-refractivity contribution in [1.82, 2.24) is 20.0 Å². The Kier molecular flexibility index (Phi) is 6.69. The minimum Gasteiger partial charge on any atom is -0.480 e. The van der Waals surface area contributed by atoms with Crippen LogP contribution in [0, 0.1) is 0 Å². The molecule has 3 N–H and O–H groups in total. The average molecular weight is 288 g/mol. The number of aliphatic hydroxyl groups is 1. The summed E-state index contributed by atoms with van der Waals surface area (Å²) in [5.74, 6) is -1.23. The Balaban J connectivity index is 2.33. The number of piperazine rings is 1. The van der Waals surface area contributed by atoms with Crippen molar-refractivity contribution >= 4 is 12.0 Å². The molecule has 1 saturated heterocycles. The largest absolute Gasteiger partial charge is 0.480 e. The number of nitrogens with zero attached hydrogens (tertiary/aromatic N) is 3. The quantitative estimate of drug-likeness (QED) is 0.540. The standard InChI is InChI=1S/C12H24N4O4/c1-14(2)3-4-15-5-7-16(8-6-15)12(20)13-10(9-17)11(18)19/h10,17H,3-9H2,1-2H3,(H,13,20)(H,18,19)/t10-/m1/s1. The van der Waals surface area contributed by atoms with Gasteiger partial charge < -0.3 is 25.3 Å². The van der Waals surface area contributed by atoms with Crippen molar-refractivity contribution in [3.8, 4) is 0 Å². The molecule has 8 nitrogen and oxygen atoms in total. The number of likely N-dealkylation sites (N-methyl/N-ethyl adjacent to an activating group) is 1. The number of urea groups is 1. The molecule has 0 saturated carbocycles. The smallest absolute Gasteiger partial charge is 0.328 e. The lowest BCUT2D eigenvalue weighted by Crippen LogP contribution is -2.55. The monoisotopic (exact) mass is 288 g/mol.